The predicted octanol–water partition coefficient (Wildman–Crippen LogP) is 1.75. The van der Waals surface area contributed by atoms with Gasteiger partial charge in [-0.15, -0.1) is 0 Å². The quantitative estimate of drug-likeness (QED) is 0.564. The Bertz CT molecular complexity index is 1190. The van der Waals surface area contributed by atoms with Crippen molar-refractivity contribution in [1.82, 2.24) is 34.5 Å². The zero-order valence-electron chi connectivity index (χ0n) is 15.6. The molecule has 1 saturated heterocycles. The van der Waals surface area contributed by atoms with E-state index in [0.717, 1.165) is 17.9 Å². The highest BCUT2D eigenvalue weighted by Crippen LogP contribution is 2.28. The van der Waals surface area contributed by atoms with Crippen LogP contribution in [0, 0.1) is 11.3 Å². The number of hydrogen-bond donors (Lipinski definition) is 1. The summed E-state index contributed by atoms with van der Waals surface area (Å²) in [6, 6.07) is 3.93. The molecule has 0 aromatic carbocycles. The Morgan fingerprint density at radius 3 is 2.97 bits per heavy atom. The second kappa shape index (κ2) is 6.96. The van der Waals surface area contributed by atoms with E-state index in [1.807, 2.05) is 25.3 Å². The Hall–Kier alpha value is -3.84. The first-order chi connectivity index (χ1) is 14.2. The number of H-pyrrole nitrogens is 1. The maximum atomic E-state index is 9.14. The number of ether oxygens (including phenoxy) is 1. The van der Waals surface area contributed by atoms with Gasteiger partial charge in [-0.2, -0.15) is 10.4 Å². The highest BCUT2D eigenvalue weighted by Gasteiger charge is 2.28. The number of nitrogens with one attached hydrogen (secondary N) is 1. The zero-order chi connectivity index (χ0) is 19.8. The van der Waals surface area contributed by atoms with E-state index in [-0.39, 0.29) is 12.2 Å². The highest BCUT2D eigenvalue weighted by molar-refractivity contribution is 5.58. The molecule has 0 spiro atoms. The molecular formula is C19H17N9O. The lowest BCUT2D eigenvalue weighted by Gasteiger charge is -2.37. The van der Waals surface area contributed by atoms with Crippen LogP contribution in [0.4, 0.5) is 5.82 Å². The molecule has 0 amide bonds. The van der Waals surface area contributed by atoms with Gasteiger partial charge < -0.3 is 9.64 Å². The van der Waals surface area contributed by atoms with E-state index in [2.05, 4.69) is 30.0 Å². The van der Waals surface area contributed by atoms with Crippen LogP contribution in [-0.4, -0.2) is 53.7 Å². The fraction of sp³-hybridized carbons (Fsp3) is 0.263. The molecule has 5 rings (SSSR count). The molecule has 1 aliphatic heterocycles. The van der Waals surface area contributed by atoms with Gasteiger partial charge in [-0.3, -0.25) is 9.50 Å². The average Bonchev–Trinajstić information content (AvgIpc) is 3.43. The van der Waals surface area contributed by atoms with Crippen LogP contribution < -0.4 is 4.90 Å². The first-order valence-electron chi connectivity index (χ1n) is 9.17. The number of imidazole rings is 1. The molecule has 4 aromatic heterocycles. The Labute approximate surface area is 165 Å². The molecule has 4 aromatic rings. The molecule has 1 N–H and O–H groups in total. The monoisotopic (exact) mass is 387 g/mol. The molecule has 29 heavy (non-hydrogen) atoms. The standard InChI is InChI=1S/C19H17N9O/c1-12-9-27(11-16(29-12)13-5-24-25-6-13)17-2-3-21-19(26-17)15-7-23-18-8-22-14(4-20)10-28(15)18/h2-3,5-8,10,12,16H,9,11H2,1H3,(H,24,25). The van der Waals surface area contributed by atoms with Gasteiger partial charge >= 0.3 is 0 Å². The van der Waals surface area contributed by atoms with Crippen molar-refractivity contribution in [2.24, 2.45) is 0 Å². The minimum Gasteiger partial charge on any atom is -0.367 e. The topological polar surface area (TPSA) is 121 Å². The maximum Gasteiger partial charge on any atom is 0.180 e. The molecule has 10 nitrogen and oxygen atoms in total. The van der Waals surface area contributed by atoms with Crippen molar-refractivity contribution in [2.45, 2.75) is 19.1 Å². The first kappa shape index (κ1) is 17.3. The summed E-state index contributed by atoms with van der Waals surface area (Å²) in [6.07, 6.45) is 10.2. The van der Waals surface area contributed by atoms with E-state index in [9.17, 15) is 0 Å². The number of aromatic amines is 1. The summed E-state index contributed by atoms with van der Waals surface area (Å²) in [5.41, 5.74) is 2.65. The van der Waals surface area contributed by atoms with Crippen LogP contribution in [0.1, 0.15) is 24.3 Å². The summed E-state index contributed by atoms with van der Waals surface area (Å²) in [4.78, 5) is 19.8. The highest BCUT2D eigenvalue weighted by atomic mass is 16.5. The van der Waals surface area contributed by atoms with E-state index in [1.165, 1.54) is 0 Å². The van der Waals surface area contributed by atoms with Gasteiger partial charge in [-0.25, -0.2) is 19.9 Å². The van der Waals surface area contributed by atoms with Gasteiger partial charge in [0.2, 0.25) is 0 Å². The lowest BCUT2D eigenvalue weighted by molar-refractivity contribution is -0.0176. The number of morpholine rings is 1. The Morgan fingerprint density at radius 2 is 2.14 bits per heavy atom. The van der Waals surface area contributed by atoms with Gasteiger partial charge in [0.1, 0.15) is 23.7 Å². The third-order valence-corrected chi connectivity index (χ3v) is 4.86. The average molecular weight is 387 g/mol. The number of aromatic nitrogens is 7. The summed E-state index contributed by atoms with van der Waals surface area (Å²) in [5.74, 6) is 1.34. The van der Waals surface area contributed by atoms with Crippen LogP contribution in [0.2, 0.25) is 0 Å². The molecular weight excluding hydrogens is 370 g/mol. The van der Waals surface area contributed by atoms with Gasteiger partial charge in [-0.1, -0.05) is 0 Å². The Balaban J connectivity index is 1.49. The van der Waals surface area contributed by atoms with Gasteiger partial charge in [0.05, 0.1) is 31.2 Å². The minimum absolute atomic E-state index is 0.0436. The van der Waals surface area contributed by atoms with Crippen molar-refractivity contribution in [3.05, 3.63) is 54.5 Å². The maximum absolute atomic E-state index is 9.14. The minimum atomic E-state index is -0.0871. The molecule has 2 unspecified atom stereocenters. The molecule has 0 aliphatic carbocycles. The predicted molar refractivity (Wildman–Crippen MR) is 103 cm³/mol. The van der Waals surface area contributed by atoms with Gasteiger partial charge in [0, 0.05) is 30.7 Å². The van der Waals surface area contributed by atoms with E-state index in [4.69, 9.17) is 15.0 Å². The second-order valence-corrected chi connectivity index (χ2v) is 6.87. The van der Waals surface area contributed by atoms with Gasteiger partial charge in [0.15, 0.2) is 17.2 Å². The smallest absolute Gasteiger partial charge is 0.180 e. The van der Waals surface area contributed by atoms with E-state index in [1.54, 1.807) is 35.4 Å². The summed E-state index contributed by atoms with van der Waals surface area (Å²) in [5, 5.41) is 16.0. The van der Waals surface area contributed by atoms with Crippen LogP contribution in [0.3, 0.4) is 0 Å². The number of anilines is 1. The number of hydrogen-bond acceptors (Lipinski definition) is 8. The lowest BCUT2D eigenvalue weighted by atomic mass is 10.1. The van der Waals surface area contributed by atoms with Crippen LogP contribution in [0.25, 0.3) is 17.2 Å². The lowest BCUT2D eigenvalue weighted by Crippen LogP contribution is -2.43. The van der Waals surface area contributed by atoms with Crippen LogP contribution in [0.15, 0.2) is 43.2 Å². The van der Waals surface area contributed by atoms with Crippen molar-refractivity contribution in [1.29, 1.82) is 5.26 Å². The fourth-order valence-corrected chi connectivity index (χ4v) is 3.52. The van der Waals surface area contributed by atoms with E-state index >= 15 is 0 Å². The number of nitriles is 1. The molecule has 0 saturated carbocycles. The molecule has 0 radical (unpaired) electrons. The van der Waals surface area contributed by atoms with Crippen molar-refractivity contribution >= 4 is 11.5 Å². The number of nitrogens with zero attached hydrogens (tertiary/aromatic N) is 8. The molecule has 1 fully saturated rings. The Morgan fingerprint density at radius 1 is 1.21 bits per heavy atom. The molecule has 10 heteroatoms. The Kier molecular flexibility index (Phi) is 4.14. The summed E-state index contributed by atoms with van der Waals surface area (Å²) >= 11 is 0. The van der Waals surface area contributed by atoms with E-state index < -0.39 is 0 Å². The third kappa shape index (κ3) is 3.17. The van der Waals surface area contributed by atoms with Crippen LogP contribution in [-0.2, 0) is 4.74 Å². The van der Waals surface area contributed by atoms with E-state index in [0.29, 0.717) is 29.4 Å². The molecule has 0 bridgehead atoms. The summed E-state index contributed by atoms with van der Waals surface area (Å²) < 4.78 is 7.85. The molecule has 144 valence electrons. The fourth-order valence-electron chi connectivity index (χ4n) is 3.52. The zero-order valence-corrected chi connectivity index (χ0v) is 15.6. The molecule has 1 aliphatic rings. The SMILES string of the molecule is CC1CN(c2ccnc(-c3cnc4cnc(C#N)cn34)n2)CC(c2cn[nH]c2)O1. The van der Waals surface area contributed by atoms with Crippen molar-refractivity contribution in [3.63, 3.8) is 0 Å². The van der Waals surface area contributed by atoms with Crippen molar-refractivity contribution < 1.29 is 4.74 Å². The molecule has 5 heterocycles. The summed E-state index contributed by atoms with van der Waals surface area (Å²) in [6.45, 7) is 3.43. The van der Waals surface area contributed by atoms with Gasteiger partial charge in [-0.05, 0) is 13.0 Å². The van der Waals surface area contributed by atoms with Gasteiger partial charge in [0.25, 0.3) is 0 Å². The number of fused-ring (bicyclic) bond motifs is 1. The third-order valence-electron chi connectivity index (χ3n) is 4.86. The summed E-state index contributed by atoms with van der Waals surface area (Å²) in [7, 11) is 0. The molecule has 2 atom stereocenters. The largest absolute Gasteiger partial charge is 0.367 e. The normalized spacial score (nSPS) is 19.4. The van der Waals surface area contributed by atoms with Crippen molar-refractivity contribution in [3.8, 4) is 17.6 Å². The van der Waals surface area contributed by atoms with Crippen molar-refractivity contribution in [2.75, 3.05) is 18.0 Å². The number of rotatable bonds is 3. The van der Waals surface area contributed by atoms with Crippen LogP contribution in [0.5, 0.6) is 0 Å². The van der Waals surface area contributed by atoms with Crippen LogP contribution >= 0.6 is 0 Å². The second-order valence-electron chi connectivity index (χ2n) is 6.87. The first-order valence-corrected chi connectivity index (χ1v) is 9.17.